The van der Waals surface area contributed by atoms with Crippen LogP contribution < -0.4 is 14.8 Å². The van der Waals surface area contributed by atoms with Crippen LogP contribution in [0.15, 0.2) is 52.8 Å². The molecule has 2 aliphatic rings. The number of hydrogen-bond acceptors (Lipinski definition) is 6. The van der Waals surface area contributed by atoms with Crippen LogP contribution >= 0.6 is 0 Å². The third-order valence-electron chi connectivity index (χ3n) is 7.48. The second-order valence-corrected chi connectivity index (χ2v) is 9.99. The van der Waals surface area contributed by atoms with Gasteiger partial charge in [0.05, 0.1) is 20.3 Å². The molecular formula is C29H41N5O3. The van der Waals surface area contributed by atoms with Crippen molar-refractivity contribution in [2.75, 3.05) is 33.9 Å². The number of nitrogens with one attached hydrogen (secondary N) is 1. The number of carbonyl (C=O) groups excluding carboxylic acids is 1. The highest BCUT2D eigenvalue weighted by Crippen LogP contribution is 2.35. The Bertz CT molecular complexity index is 1060. The molecule has 0 bridgehead atoms. The highest BCUT2D eigenvalue weighted by atomic mass is 16.5. The molecule has 0 fully saturated rings. The molecular weight excluding hydrogens is 466 g/mol. The van der Waals surface area contributed by atoms with Gasteiger partial charge in [-0.2, -0.15) is 10.1 Å². The van der Waals surface area contributed by atoms with Crippen LogP contribution in [0, 0.1) is 0 Å². The molecule has 0 radical (unpaired) electrons. The van der Waals surface area contributed by atoms with Crippen LogP contribution in [0.3, 0.4) is 0 Å². The Kier molecular flexibility index (Phi) is 9.39. The summed E-state index contributed by atoms with van der Waals surface area (Å²) in [4.78, 5) is 15.5. The Morgan fingerprint density at radius 2 is 1.81 bits per heavy atom. The molecule has 8 nitrogen and oxygen atoms in total. The predicted octanol–water partition coefficient (Wildman–Crippen LogP) is 5.58. The monoisotopic (exact) mass is 507 g/mol. The second-order valence-electron chi connectivity index (χ2n) is 9.99. The van der Waals surface area contributed by atoms with Gasteiger partial charge in [0.25, 0.3) is 0 Å². The molecule has 2 amide bonds. The predicted molar refractivity (Wildman–Crippen MR) is 145 cm³/mol. The third-order valence-corrected chi connectivity index (χ3v) is 7.48. The van der Waals surface area contributed by atoms with E-state index in [2.05, 4.69) is 39.6 Å². The molecule has 1 aliphatic carbocycles. The minimum atomic E-state index is -0.180. The zero-order valence-corrected chi connectivity index (χ0v) is 22.7. The Hall–Kier alpha value is -3.13. The van der Waals surface area contributed by atoms with E-state index in [9.17, 15) is 4.79 Å². The van der Waals surface area contributed by atoms with Crippen LogP contribution in [0.1, 0.15) is 62.3 Å². The fourth-order valence-corrected chi connectivity index (χ4v) is 5.55. The first-order valence-electron chi connectivity index (χ1n) is 13.6. The lowest BCUT2D eigenvalue weighted by atomic mass is 9.86. The van der Waals surface area contributed by atoms with E-state index >= 15 is 0 Å². The van der Waals surface area contributed by atoms with Crippen LogP contribution in [0.25, 0.3) is 0 Å². The van der Waals surface area contributed by atoms with Gasteiger partial charge in [0.2, 0.25) is 0 Å². The maximum atomic E-state index is 12.9. The lowest BCUT2D eigenvalue weighted by Gasteiger charge is -2.35. The number of aryl methyl sites for hydroxylation is 1. The van der Waals surface area contributed by atoms with Gasteiger partial charge in [-0.05, 0) is 87.4 Å². The Morgan fingerprint density at radius 3 is 2.51 bits per heavy atom. The van der Waals surface area contributed by atoms with Gasteiger partial charge in [0.1, 0.15) is 6.04 Å². The van der Waals surface area contributed by atoms with Gasteiger partial charge < -0.3 is 19.7 Å². The Balaban J connectivity index is 1.26. The summed E-state index contributed by atoms with van der Waals surface area (Å²) in [5.74, 6) is 1.62. The molecule has 1 heterocycles. The lowest BCUT2D eigenvalue weighted by Crippen LogP contribution is -2.41. The average molecular weight is 508 g/mol. The number of ether oxygens (including phenoxy) is 2. The molecule has 200 valence electrons. The number of carbonyl (C=O) groups is 1. The molecule has 3 unspecified atom stereocenters. The number of unbranched alkanes of at least 4 members (excludes halogenated alkanes) is 1. The van der Waals surface area contributed by atoms with Gasteiger partial charge >= 0.3 is 6.03 Å². The highest BCUT2D eigenvalue weighted by molar-refractivity contribution is 5.74. The van der Waals surface area contributed by atoms with Crippen molar-refractivity contribution in [1.29, 1.82) is 0 Å². The van der Waals surface area contributed by atoms with Gasteiger partial charge in [0.15, 0.2) is 11.5 Å². The van der Waals surface area contributed by atoms with E-state index in [4.69, 9.17) is 9.47 Å². The van der Waals surface area contributed by atoms with Crippen molar-refractivity contribution >= 4 is 6.03 Å². The molecule has 3 atom stereocenters. The number of rotatable bonds is 11. The summed E-state index contributed by atoms with van der Waals surface area (Å²) >= 11 is 0. The van der Waals surface area contributed by atoms with Crippen molar-refractivity contribution in [2.24, 2.45) is 10.3 Å². The van der Waals surface area contributed by atoms with Crippen molar-refractivity contribution < 1.29 is 14.3 Å². The summed E-state index contributed by atoms with van der Waals surface area (Å²) in [6.07, 6.45) is 6.34. The topological polar surface area (TPSA) is 78.8 Å². The van der Waals surface area contributed by atoms with Gasteiger partial charge in [-0.15, -0.1) is 0 Å². The van der Waals surface area contributed by atoms with Crippen LogP contribution in [0.5, 0.6) is 11.5 Å². The van der Waals surface area contributed by atoms with E-state index in [-0.39, 0.29) is 18.1 Å². The molecule has 8 heteroatoms. The van der Waals surface area contributed by atoms with Crippen molar-refractivity contribution in [3.63, 3.8) is 0 Å². The Morgan fingerprint density at radius 1 is 1.08 bits per heavy atom. The highest BCUT2D eigenvalue weighted by Gasteiger charge is 2.35. The summed E-state index contributed by atoms with van der Waals surface area (Å²) in [7, 11) is 3.39. The molecule has 2 aromatic rings. The standard InChI is InChI=1S/C29H41N5O3/c1-5-16-33(25-14-13-23-19-26(36-3)27(37-4)20-24(23)18-25)17-10-9-15-30-29(35)34-28(21(2)31-32-34)22-11-7-6-8-12-22/h6-8,11-12,19-21,25,28H,5,9-10,13-18H2,1-4H3,(H,30,35). The van der Waals surface area contributed by atoms with E-state index in [1.807, 2.05) is 37.3 Å². The number of hydrogen-bond donors (Lipinski definition) is 1. The summed E-state index contributed by atoms with van der Waals surface area (Å²) < 4.78 is 11.0. The fourth-order valence-electron chi connectivity index (χ4n) is 5.55. The SMILES string of the molecule is CCCN(CCCCNC(=O)N1N=NC(C)C1c1ccccc1)C1CCc2cc(OC)c(OC)cc2C1. The summed E-state index contributed by atoms with van der Waals surface area (Å²) in [6, 6.07) is 14.4. The molecule has 4 rings (SSSR count). The first-order valence-corrected chi connectivity index (χ1v) is 13.6. The minimum Gasteiger partial charge on any atom is -0.493 e. The maximum absolute atomic E-state index is 12.9. The normalized spacial score (nSPS) is 20.7. The molecule has 1 aliphatic heterocycles. The van der Waals surface area contributed by atoms with Gasteiger partial charge in [0, 0.05) is 12.6 Å². The van der Waals surface area contributed by atoms with Crippen LogP contribution in [0.2, 0.25) is 0 Å². The first kappa shape index (κ1) is 26.9. The van der Waals surface area contributed by atoms with Gasteiger partial charge in [-0.3, -0.25) is 0 Å². The second kappa shape index (κ2) is 12.9. The van der Waals surface area contributed by atoms with Crippen molar-refractivity contribution in [1.82, 2.24) is 15.2 Å². The fraction of sp³-hybridized carbons (Fsp3) is 0.552. The van der Waals surface area contributed by atoms with E-state index in [0.717, 1.165) is 68.7 Å². The van der Waals surface area contributed by atoms with E-state index < -0.39 is 0 Å². The largest absolute Gasteiger partial charge is 0.493 e. The molecule has 0 saturated carbocycles. The van der Waals surface area contributed by atoms with Gasteiger partial charge in [-0.25, -0.2) is 4.79 Å². The number of methoxy groups -OCH3 is 2. The molecule has 1 N–H and O–H groups in total. The zero-order chi connectivity index (χ0) is 26.2. The van der Waals surface area contributed by atoms with E-state index in [0.29, 0.717) is 12.6 Å². The van der Waals surface area contributed by atoms with Crippen LogP contribution in [-0.4, -0.2) is 61.9 Å². The summed E-state index contributed by atoms with van der Waals surface area (Å²) in [5, 5.41) is 12.9. The molecule has 37 heavy (non-hydrogen) atoms. The maximum Gasteiger partial charge on any atom is 0.339 e. The number of amides is 2. The van der Waals surface area contributed by atoms with Crippen LogP contribution in [0.4, 0.5) is 4.79 Å². The summed E-state index contributed by atoms with van der Waals surface area (Å²) in [5.41, 5.74) is 3.79. The number of nitrogens with zero attached hydrogens (tertiary/aromatic N) is 4. The van der Waals surface area contributed by atoms with Gasteiger partial charge in [-0.1, -0.05) is 42.5 Å². The lowest BCUT2D eigenvalue weighted by molar-refractivity contribution is 0.173. The van der Waals surface area contributed by atoms with Crippen molar-refractivity contribution in [3.8, 4) is 11.5 Å². The van der Waals surface area contributed by atoms with E-state index in [1.54, 1.807) is 14.2 Å². The smallest absolute Gasteiger partial charge is 0.339 e. The molecule has 0 spiro atoms. The first-order chi connectivity index (χ1) is 18.0. The van der Waals surface area contributed by atoms with Crippen LogP contribution in [-0.2, 0) is 12.8 Å². The summed E-state index contributed by atoms with van der Waals surface area (Å²) in [6.45, 7) is 6.99. The molecule has 2 aromatic carbocycles. The van der Waals surface area contributed by atoms with E-state index in [1.165, 1.54) is 16.1 Å². The minimum absolute atomic E-state index is 0.0579. The number of benzene rings is 2. The van der Waals surface area contributed by atoms with Crippen molar-refractivity contribution in [3.05, 3.63) is 59.2 Å². The molecule has 0 saturated heterocycles. The number of urea groups is 1. The average Bonchev–Trinajstić information content (AvgIpc) is 3.32. The zero-order valence-electron chi connectivity index (χ0n) is 22.7. The van der Waals surface area contributed by atoms with Crippen molar-refractivity contribution in [2.45, 2.75) is 70.5 Å². The number of fused-ring (bicyclic) bond motifs is 1. The Labute approximate surface area is 221 Å². The quantitative estimate of drug-likeness (QED) is 0.403. The molecule has 0 aromatic heterocycles. The third kappa shape index (κ3) is 6.42.